The Morgan fingerprint density at radius 3 is 2.59 bits per heavy atom. The van der Waals surface area contributed by atoms with Crippen molar-refractivity contribution in [3.63, 3.8) is 0 Å². The van der Waals surface area contributed by atoms with Crippen LogP contribution in [0.15, 0.2) is 42.5 Å². The van der Waals surface area contributed by atoms with Gasteiger partial charge in [-0.3, -0.25) is 4.79 Å². The number of para-hydroxylation sites is 1. The third kappa shape index (κ3) is 4.82. The molecule has 0 saturated heterocycles. The lowest BCUT2D eigenvalue weighted by molar-refractivity contribution is 0.0609. The minimum Gasteiger partial charge on any atom is -0.493 e. The highest BCUT2D eigenvalue weighted by atomic mass is 16.5. The molecule has 0 saturated carbocycles. The lowest BCUT2D eigenvalue weighted by Gasteiger charge is -2.38. The fourth-order valence-electron chi connectivity index (χ4n) is 3.35. The third-order valence-corrected chi connectivity index (χ3v) is 5.01. The minimum atomic E-state index is -0.314. The predicted octanol–water partition coefficient (Wildman–Crippen LogP) is 4.33. The lowest BCUT2D eigenvalue weighted by atomic mass is 10.0. The van der Waals surface area contributed by atoms with Crippen LogP contribution in [-0.2, 0) is 4.74 Å². The molecule has 1 heterocycles. The second kappa shape index (κ2) is 9.65. The van der Waals surface area contributed by atoms with Crippen molar-refractivity contribution in [2.75, 3.05) is 39.3 Å². The van der Waals surface area contributed by atoms with Crippen molar-refractivity contribution in [2.24, 2.45) is 5.92 Å². The van der Waals surface area contributed by atoms with Crippen LogP contribution in [0, 0.1) is 5.92 Å². The fourth-order valence-corrected chi connectivity index (χ4v) is 3.35. The van der Waals surface area contributed by atoms with Crippen LogP contribution in [0.5, 0.6) is 11.5 Å². The van der Waals surface area contributed by atoms with E-state index in [-0.39, 0.29) is 12.1 Å². The van der Waals surface area contributed by atoms with Gasteiger partial charge in [-0.25, -0.2) is 0 Å². The number of hydrogen-bond acceptors (Lipinski definition) is 5. The Morgan fingerprint density at radius 1 is 1.07 bits per heavy atom. The molecule has 0 aliphatic carbocycles. The molecule has 156 valence electrons. The SMILES string of the molecule is COCCN1C(=O)c2ccccc2NC1c1ccc(OCCC(C)C)c(OC)c1. The highest BCUT2D eigenvalue weighted by Crippen LogP contribution is 2.36. The first-order valence-corrected chi connectivity index (χ1v) is 10.0. The van der Waals surface area contributed by atoms with Crippen molar-refractivity contribution in [2.45, 2.75) is 26.4 Å². The molecule has 1 atom stereocenters. The highest BCUT2D eigenvalue weighted by molar-refractivity contribution is 6.01. The molecule has 2 aromatic carbocycles. The number of amides is 1. The van der Waals surface area contributed by atoms with Gasteiger partial charge in [-0.2, -0.15) is 0 Å². The summed E-state index contributed by atoms with van der Waals surface area (Å²) in [6, 6.07) is 13.4. The van der Waals surface area contributed by atoms with Gasteiger partial charge in [0.1, 0.15) is 6.17 Å². The van der Waals surface area contributed by atoms with E-state index in [2.05, 4.69) is 19.2 Å². The maximum atomic E-state index is 13.1. The molecule has 6 nitrogen and oxygen atoms in total. The largest absolute Gasteiger partial charge is 0.493 e. The number of fused-ring (bicyclic) bond motifs is 1. The van der Waals surface area contributed by atoms with Crippen LogP contribution in [0.25, 0.3) is 0 Å². The van der Waals surface area contributed by atoms with Gasteiger partial charge in [0.05, 0.1) is 25.9 Å². The van der Waals surface area contributed by atoms with E-state index in [0.29, 0.717) is 42.7 Å². The first-order chi connectivity index (χ1) is 14.0. The maximum absolute atomic E-state index is 13.1. The number of nitrogens with zero attached hydrogens (tertiary/aromatic N) is 1. The van der Waals surface area contributed by atoms with E-state index in [1.54, 1.807) is 19.1 Å². The predicted molar refractivity (Wildman–Crippen MR) is 114 cm³/mol. The first-order valence-electron chi connectivity index (χ1n) is 10.0. The van der Waals surface area contributed by atoms with Crippen LogP contribution in [-0.4, -0.2) is 44.8 Å². The van der Waals surface area contributed by atoms with Crippen molar-refractivity contribution in [1.29, 1.82) is 0 Å². The quantitative estimate of drug-likeness (QED) is 0.681. The number of methoxy groups -OCH3 is 2. The smallest absolute Gasteiger partial charge is 0.257 e. The summed E-state index contributed by atoms with van der Waals surface area (Å²) >= 11 is 0. The van der Waals surface area contributed by atoms with Crippen molar-refractivity contribution >= 4 is 11.6 Å². The number of carbonyl (C=O) groups is 1. The van der Waals surface area contributed by atoms with Gasteiger partial charge in [-0.1, -0.05) is 32.0 Å². The molecule has 0 spiro atoms. The molecular formula is C23H30N2O4. The van der Waals surface area contributed by atoms with Crippen molar-refractivity contribution in [3.05, 3.63) is 53.6 Å². The molecule has 29 heavy (non-hydrogen) atoms. The van der Waals surface area contributed by atoms with Gasteiger partial charge >= 0.3 is 0 Å². The topological polar surface area (TPSA) is 60.0 Å². The average Bonchev–Trinajstić information content (AvgIpc) is 2.73. The second-order valence-electron chi connectivity index (χ2n) is 7.53. The average molecular weight is 399 g/mol. The Bertz CT molecular complexity index is 837. The summed E-state index contributed by atoms with van der Waals surface area (Å²) in [5.41, 5.74) is 2.42. The van der Waals surface area contributed by atoms with Gasteiger partial charge in [-0.15, -0.1) is 0 Å². The minimum absolute atomic E-state index is 0.0161. The van der Waals surface area contributed by atoms with Crippen LogP contribution in [0.4, 0.5) is 5.69 Å². The number of benzene rings is 2. The van der Waals surface area contributed by atoms with Crippen LogP contribution >= 0.6 is 0 Å². The Kier molecular flexibility index (Phi) is 6.99. The van der Waals surface area contributed by atoms with Gasteiger partial charge in [0.2, 0.25) is 0 Å². The van der Waals surface area contributed by atoms with E-state index in [0.717, 1.165) is 17.7 Å². The molecule has 1 unspecified atom stereocenters. The summed E-state index contributed by atoms with van der Waals surface area (Å²) < 4.78 is 16.7. The Hall–Kier alpha value is -2.73. The molecule has 3 rings (SSSR count). The van der Waals surface area contributed by atoms with Crippen LogP contribution in [0.1, 0.15) is 42.4 Å². The molecule has 1 aliphatic heterocycles. The molecule has 0 aromatic heterocycles. The van der Waals surface area contributed by atoms with Gasteiger partial charge in [0.15, 0.2) is 11.5 Å². The molecular weight excluding hydrogens is 368 g/mol. The van der Waals surface area contributed by atoms with Crippen LogP contribution in [0.3, 0.4) is 0 Å². The normalized spacial score (nSPS) is 15.8. The Morgan fingerprint density at radius 2 is 1.86 bits per heavy atom. The zero-order chi connectivity index (χ0) is 20.8. The molecule has 0 bridgehead atoms. The zero-order valence-corrected chi connectivity index (χ0v) is 17.6. The monoisotopic (exact) mass is 398 g/mol. The van der Waals surface area contributed by atoms with E-state index in [4.69, 9.17) is 14.2 Å². The zero-order valence-electron chi connectivity index (χ0n) is 17.6. The maximum Gasteiger partial charge on any atom is 0.257 e. The molecule has 1 amide bonds. The highest BCUT2D eigenvalue weighted by Gasteiger charge is 2.33. The van der Waals surface area contributed by atoms with Crippen molar-refractivity contribution < 1.29 is 19.0 Å². The van der Waals surface area contributed by atoms with E-state index >= 15 is 0 Å². The standard InChI is InChI=1S/C23H30N2O4/c1-16(2)11-13-29-20-10-9-17(15-21(20)28-4)22-24-19-8-6-5-7-18(19)23(26)25(22)12-14-27-3/h5-10,15-16,22,24H,11-14H2,1-4H3. The number of rotatable bonds is 9. The van der Waals surface area contributed by atoms with Gasteiger partial charge < -0.3 is 24.4 Å². The van der Waals surface area contributed by atoms with E-state index in [9.17, 15) is 4.79 Å². The molecule has 6 heteroatoms. The summed E-state index contributed by atoms with van der Waals surface area (Å²) in [6.07, 6.45) is 0.664. The second-order valence-corrected chi connectivity index (χ2v) is 7.53. The lowest BCUT2D eigenvalue weighted by Crippen LogP contribution is -2.44. The number of hydrogen-bond donors (Lipinski definition) is 1. The summed E-state index contributed by atoms with van der Waals surface area (Å²) in [4.78, 5) is 14.9. The number of anilines is 1. The number of ether oxygens (including phenoxy) is 3. The first kappa shape index (κ1) is 21.0. The van der Waals surface area contributed by atoms with E-state index < -0.39 is 0 Å². The number of nitrogens with one attached hydrogen (secondary N) is 1. The summed E-state index contributed by atoms with van der Waals surface area (Å²) in [7, 11) is 3.27. The van der Waals surface area contributed by atoms with E-state index in [1.165, 1.54) is 0 Å². The summed E-state index contributed by atoms with van der Waals surface area (Å²) in [5.74, 6) is 1.93. The van der Waals surface area contributed by atoms with Gasteiger partial charge in [0, 0.05) is 19.3 Å². The third-order valence-electron chi connectivity index (χ3n) is 5.01. The van der Waals surface area contributed by atoms with Gasteiger partial charge in [-0.05, 0) is 42.2 Å². The molecule has 0 radical (unpaired) electrons. The molecule has 1 N–H and O–H groups in total. The fraction of sp³-hybridized carbons (Fsp3) is 0.435. The summed E-state index contributed by atoms with van der Waals surface area (Å²) in [5, 5.41) is 3.48. The van der Waals surface area contributed by atoms with Crippen molar-refractivity contribution in [1.82, 2.24) is 4.90 Å². The Balaban J connectivity index is 1.89. The van der Waals surface area contributed by atoms with Gasteiger partial charge in [0.25, 0.3) is 5.91 Å². The number of carbonyl (C=O) groups excluding carboxylic acids is 1. The van der Waals surface area contributed by atoms with Crippen LogP contribution in [0.2, 0.25) is 0 Å². The van der Waals surface area contributed by atoms with Crippen LogP contribution < -0.4 is 14.8 Å². The van der Waals surface area contributed by atoms with Crippen molar-refractivity contribution in [3.8, 4) is 11.5 Å². The Labute approximate surface area is 172 Å². The molecule has 0 fully saturated rings. The summed E-state index contributed by atoms with van der Waals surface area (Å²) in [6.45, 7) is 5.92. The molecule has 2 aromatic rings. The van der Waals surface area contributed by atoms with E-state index in [1.807, 2.05) is 42.5 Å². The molecule has 1 aliphatic rings.